The standard InChI is InChI=1S/C13H19NO/c1-9(2)7-12(14)10-3-4-13-11(8-10)5-6-15-13/h3-4,8-9,12H,5-7,14H2,1-2H3/t12-/m1/s1. The Hall–Kier alpha value is -1.02. The zero-order chi connectivity index (χ0) is 10.8. The quantitative estimate of drug-likeness (QED) is 0.823. The monoisotopic (exact) mass is 205 g/mol. The summed E-state index contributed by atoms with van der Waals surface area (Å²) in [6, 6.07) is 6.51. The van der Waals surface area contributed by atoms with Crippen LogP contribution < -0.4 is 10.5 Å². The minimum absolute atomic E-state index is 0.163. The summed E-state index contributed by atoms with van der Waals surface area (Å²) >= 11 is 0. The highest BCUT2D eigenvalue weighted by atomic mass is 16.5. The highest BCUT2D eigenvalue weighted by molar-refractivity contribution is 5.40. The molecule has 0 amide bonds. The van der Waals surface area contributed by atoms with E-state index in [1.165, 1.54) is 11.1 Å². The molecule has 0 bridgehead atoms. The summed E-state index contributed by atoms with van der Waals surface area (Å²) in [5, 5.41) is 0. The first-order chi connectivity index (χ1) is 7.16. The van der Waals surface area contributed by atoms with Gasteiger partial charge >= 0.3 is 0 Å². The van der Waals surface area contributed by atoms with Crippen LogP contribution in [0.1, 0.15) is 37.4 Å². The number of hydrogen-bond donors (Lipinski definition) is 1. The molecule has 15 heavy (non-hydrogen) atoms. The smallest absolute Gasteiger partial charge is 0.122 e. The lowest BCUT2D eigenvalue weighted by Gasteiger charge is -2.15. The second kappa shape index (κ2) is 4.23. The van der Waals surface area contributed by atoms with E-state index in [9.17, 15) is 0 Å². The molecular weight excluding hydrogens is 186 g/mol. The molecule has 0 fully saturated rings. The van der Waals surface area contributed by atoms with Gasteiger partial charge < -0.3 is 10.5 Å². The SMILES string of the molecule is CC(C)C[C@@H](N)c1ccc2c(c1)CCO2. The van der Waals surface area contributed by atoms with Crippen molar-refractivity contribution in [1.29, 1.82) is 0 Å². The number of rotatable bonds is 3. The Labute approximate surface area is 91.4 Å². The van der Waals surface area contributed by atoms with Crippen LogP contribution in [0.15, 0.2) is 18.2 Å². The average molecular weight is 205 g/mol. The Kier molecular flexibility index (Phi) is 2.96. The van der Waals surface area contributed by atoms with Gasteiger partial charge in [0.05, 0.1) is 6.61 Å². The Morgan fingerprint density at radius 1 is 1.40 bits per heavy atom. The van der Waals surface area contributed by atoms with Gasteiger partial charge in [-0.2, -0.15) is 0 Å². The van der Waals surface area contributed by atoms with Crippen molar-refractivity contribution in [2.75, 3.05) is 6.61 Å². The van der Waals surface area contributed by atoms with Gasteiger partial charge in [-0.05, 0) is 29.5 Å². The van der Waals surface area contributed by atoms with Crippen LogP contribution in [-0.4, -0.2) is 6.61 Å². The molecule has 2 N–H and O–H groups in total. The van der Waals surface area contributed by atoms with Crippen molar-refractivity contribution in [3.8, 4) is 5.75 Å². The molecule has 1 aliphatic rings. The molecule has 0 saturated heterocycles. The molecule has 1 aliphatic heterocycles. The Balaban J connectivity index is 2.15. The third kappa shape index (κ3) is 2.32. The van der Waals surface area contributed by atoms with Gasteiger partial charge in [-0.25, -0.2) is 0 Å². The van der Waals surface area contributed by atoms with Crippen LogP contribution in [0.25, 0.3) is 0 Å². The van der Waals surface area contributed by atoms with E-state index >= 15 is 0 Å². The molecule has 2 rings (SSSR count). The fraction of sp³-hybridized carbons (Fsp3) is 0.538. The lowest BCUT2D eigenvalue weighted by Crippen LogP contribution is -2.12. The van der Waals surface area contributed by atoms with Crippen molar-refractivity contribution in [1.82, 2.24) is 0 Å². The normalized spacial score (nSPS) is 16.3. The molecule has 1 atom stereocenters. The summed E-state index contributed by atoms with van der Waals surface area (Å²) in [4.78, 5) is 0. The van der Waals surface area contributed by atoms with E-state index in [2.05, 4.69) is 32.0 Å². The topological polar surface area (TPSA) is 35.2 Å². The van der Waals surface area contributed by atoms with Crippen molar-refractivity contribution < 1.29 is 4.74 Å². The summed E-state index contributed by atoms with van der Waals surface area (Å²) in [7, 11) is 0. The lowest BCUT2D eigenvalue weighted by atomic mass is 9.96. The Morgan fingerprint density at radius 3 is 2.93 bits per heavy atom. The van der Waals surface area contributed by atoms with E-state index < -0.39 is 0 Å². The molecule has 0 spiro atoms. The average Bonchev–Trinajstić information content (AvgIpc) is 2.62. The first kappa shape index (κ1) is 10.5. The zero-order valence-corrected chi connectivity index (χ0v) is 9.49. The van der Waals surface area contributed by atoms with E-state index in [4.69, 9.17) is 10.5 Å². The molecule has 1 aromatic carbocycles. The molecule has 1 aromatic rings. The highest BCUT2D eigenvalue weighted by Gasteiger charge is 2.15. The van der Waals surface area contributed by atoms with Crippen molar-refractivity contribution in [2.45, 2.75) is 32.7 Å². The third-order valence-corrected chi connectivity index (χ3v) is 2.87. The summed E-state index contributed by atoms with van der Waals surface area (Å²) in [6.07, 6.45) is 2.07. The maximum atomic E-state index is 6.15. The second-order valence-electron chi connectivity index (χ2n) is 4.70. The predicted octanol–water partition coefficient (Wildman–Crippen LogP) is 2.67. The zero-order valence-electron chi connectivity index (χ0n) is 9.49. The van der Waals surface area contributed by atoms with E-state index in [1.54, 1.807) is 0 Å². The van der Waals surface area contributed by atoms with Crippen molar-refractivity contribution in [3.63, 3.8) is 0 Å². The number of fused-ring (bicyclic) bond motifs is 1. The molecule has 82 valence electrons. The van der Waals surface area contributed by atoms with Gasteiger partial charge in [-0.15, -0.1) is 0 Å². The summed E-state index contributed by atoms with van der Waals surface area (Å²) < 4.78 is 5.47. The molecule has 2 heteroatoms. The maximum absolute atomic E-state index is 6.15. The third-order valence-electron chi connectivity index (χ3n) is 2.87. The molecular formula is C13H19NO. The van der Waals surface area contributed by atoms with Gasteiger partial charge in [0.15, 0.2) is 0 Å². The first-order valence-electron chi connectivity index (χ1n) is 5.68. The summed E-state index contributed by atoms with van der Waals surface area (Å²) in [6.45, 7) is 5.23. The fourth-order valence-corrected chi connectivity index (χ4v) is 2.08. The number of ether oxygens (including phenoxy) is 1. The lowest BCUT2D eigenvalue weighted by molar-refractivity contribution is 0.356. The van der Waals surface area contributed by atoms with Crippen LogP contribution in [-0.2, 0) is 6.42 Å². The van der Waals surface area contributed by atoms with Gasteiger partial charge in [0.2, 0.25) is 0 Å². The second-order valence-corrected chi connectivity index (χ2v) is 4.70. The fourth-order valence-electron chi connectivity index (χ4n) is 2.08. The van der Waals surface area contributed by atoms with E-state index in [-0.39, 0.29) is 6.04 Å². The van der Waals surface area contributed by atoms with Crippen LogP contribution in [0.5, 0.6) is 5.75 Å². The van der Waals surface area contributed by atoms with Crippen LogP contribution in [0, 0.1) is 5.92 Å². The highest BCUT2D eigenvalue weighted by Crippen LogP contribution is 2.29. The molecule has 0 radical (unpaired) electrons. The summed E-state index contributed by atoms with van der Waals surface area (Å²) in [5.74, 6) is 1.68. The largest absolute Gasteiger partial charge is 0.493 e. The molecule has 0 aliphatic carbocycles. The van der Waals surface area contributed by atoms with Crippen molar-refractivity contribution >= 4 is 0 Å². The van der Waals surface area contributed by atoms with Gasteiger partial charge in [0, 0.05) is 12.5 Å². The number of benzene rings is 1. The predicted molar refractivity (Wildman–Crippen MR) is 62.0 cm³/mol. The van der Waals surface area contributed by atoms with E-state index in [0.717, 1.165) is 25.2 Å². The number of nitrogens with two attached hydrogens (primary N) is 1. The van der Waals surface area contributed by atoms with E-state index in [1.807, 2.05) is 0 Å². The van der Waals surface area contributed by atoms with E-state index in [0.29, 0.717) is 5.92 Å². The van der Waals surface area contributed by atoms with Gasteiger partial charge in [0.1, 0.15) is 5.75 Å². The molecule has 2 nitrogen and oxygen atoms in total. The number of hydrogen-bond acceptors (Lipinski definition) is 2. The minimum atomic E-state index is 0.163. The van der Waals surface area contributed by atoms with Gasteiger partial charge in [-0.1, -0.05) is 26.0 Å². The summed E-state index contributed by atoms with van der Waals surface area (Å²) in [5.41, 5.74) is 8.70. The maximum Gasteiger partial charge on any atom is 0.122 e. The Bertz CT molecular complexity index is 346. The van der Waals surface area contributed by atoms with Gasteiger partial charge in [-0.3, -0.25) is 0 Å². The minimum Gasteiger partial charge on any atom is -0.493 e. The van der Waals surface area contributed by atoms with Crippen molar-refractivity contribution in [2.24, 2.45) is 11.7 Å². The van der Waals surface area contributed by atoms with Crippen LogP contribution in [0.4, 0.5) is 0 Å². The van der Waals surface area contributed by atoms with Gasteiger partial charge in [0.25, 0.3) is 0 Å². The Morgan fingerprint density at radius 2 is 2.20 bits per heavy atom. The van der Waals surface area contributed by atoms with Crippen LogP contribution in [0.3, 0.4) is 0 Å². The van der Waals surface area contributed by atoms with Crippen LogP contribution in [0.2, 0.25) is 0 Å². The molecule has 0 aromatic heterocycles. The van der Waals surface area contributed by atoms with Crippen LogP contribution >= 0.6 is 0 Å². The first-order valence-corrected chi connectivity index (χ1v) is 5.68. The molecule has 0 unspecified atom stereocenters. The molecule has 0 saturated carbocycles. The van der Waals surface area contributed by atoms with Crippen molar-refractivity contribution in [3.05, 3.63) is 29.3 Å². The molecule has 1 heterocycles.